The van der Waals surface area contributed by atoms with Crippen molar-refractivity contribution in [3.8, 4) is 0 Å². The number of amides is 3. The Morgan fingerprint density at radius 3 is 2.10 bits per heavy atom. The highest BCUT2D eigenvalue weighted by Crippen LogP contribution is 2.20. The lowest BCUT2D eigenvalue weighted by Crippen LogP contribution is -2.48. The van der Waals surface area contributed by atoms with Crippen molar-refractivity contribution in [2.45, 2.75) is 45.3 Å². The molecule has 7 nitrogen and oxygen atoms in total. The van der Waals surface area contributed by atoms with Gasteiger partial charge in [-0.2, -0.15) is 0 Å². The van der Waals surface area contributed by atoms with Crippen LogP contribution in [-0.2, 0) is 22.7 Å². The van der Waals surface area contributed by atoms with Crippen molar-refractivity contribution < 1.29 is 19.5 Å². The molecule has 2 N–H and O–H groups in total. The standard InChI is InChI=1S/C20H27N3O4S2/c1-15(24)22(2)18(9-3-4-10-21-20(26)27)19(25)23(13-16-7-5-11-28-16)14-17-8-6-12-29-17/h5-8,11-12,18,21H,3-4,9-10,13-14H2,1-2H3,(H,26,27)/t18-/m0/s1. The van der Waals surface area contributed by atoms with Gasteiger partial charge >= 0.3 is 6.09 Å². The minimum absolute atomic E-state index is 0.0873. The number of nitrogens with zero attached hydrogens (tertiary/aromatic N) is 2. The second-order valence-corrected chi connectivity index (χ2v) is 8.79. The van der Waals surface area contributed by atoms with Crippen LogP contribution in [0.2, 0.25) is 0 Å². The van der Waals surface area contributed by atoms with E-state index in [-0.39, 0.29) is 11.8 Å². The fourth-order valence-corrected chi connectivity index (χ4v) is 4.40. The van der Waals surface area contributed by atoms with E-state index >= 15 is 0 Å². The molecule has 2 aromatic heterocycles. The third kappa shape index (κ3) is 7.51. The summed E-state index contributed by atoms with van der Waals surface area (Å²) in [4.78, 5) is 41.5. The number of carbonyl (C=O) groups excluding carboxylic acids is 2. The largest absolute Gasteiger partial charge is 0.465 e. The highest BCUT2D eigenvalue weighted by Gasteiger charge is 2.29. The van der Waals surface area contributed by atoms with E-state index < -0.39 is 12.1 Å². The lowest BCUT2D eigenvalue weighted by Gasteiger charge is -2.32. The van der Waals surface area contributed by atoms with E-state index in [1.165, 1.54) is 11.8 Å². The Labute approximate surface area is 178 Å². The minimum atomic E-state index is -1.06. The van der Waals surface area contributed by atoms with E-state index in [1.54, 1.807) is 34.6 Å². The van der Waals surface area contributed by atoms with Crippen LogP contribution < -0.4 is 5.32 Å². The average Bonchev–Trinajstić information content (AvgIpc) is 3.37. The van der Waals surface area contributed by atoms with Gasteiger partial charge in [0.25, 0.3) is 0 Å². The molecule has 2 aromatic rings. The van der Waals surface area contributed by atoms with Crippen LogP contribution in [0.3, 0.4) is 0 Å². The first-order valence-electron chi connectivity index (χ1n) is 9.42. The first kappa shape index (κ1) is 22.9. The zero-order valence-electron chi connectivity index (χ0n) is 16.7. The molecule has 3 amide bonds. The summed E-state index contributed by atoms with van der Waals surface area (Å²) < 4.78 is 0. The Morgan fingerprint density at radius 2 is 1.66 bits per heavy atom. The number of carbonyl (C=O) groups is 3. The van der Waals surface area contributed by atoms with E-state index in [1.807, 2.05) is 35.0 Å². The number of nitrogens with one attached hydrogen (secondary N) is 1. The fraction of sp³-hybridized carbons (Fsp3) is 0.450. The quantitative estimate of drug-likeness (QED) is 0.526. The SMILES string of the molecule is CC(=O)N(C)[C@@H](CCCCNC(=O)O)C(=O)N(Cc1cccs1)Cc1cccs1. The zero-order chi connectivity index (χ0) is 21.2. The summed E-state index contributed by atoms with van der Waals surface area (Å²) in [6.45, 7) is 2.78. The van der Waals surface area contributed by atoms with Crippen molar-refractivity contribution in [2.24, 2.45) is 0 Å². The number of rotatable bonds is 11. The topological polar surface area (TPSA) is 90.0 Å². The van der Waals surface area contributed by atoms with Crippen LogP contribution in [0.1, 0.15) is 35.9 Å². The predicted molar refractivity (Wildman–Crippen MR) is 115 cm³/mol. The number of likely N-dealkylation sites (N-methyl/N-ethyl adjacent to an activating group) is 1. The molecule has 0 radical (unpaired) electrons. The third-order valence-electron chi connectivity index (χ3n) is 4.60. The van der Waals surface area contributed by atoms with Crippen LogP contribution in [0.25, 0.3) is 0 Å². The molecule has 0 aliphatic carbocycles. The van der Waals surface area contributed by atoms with Gasteiger partial charge < -0.3 is 20.2 Å². The summed E-state index contributed by atoms with van der Waals surface area (Å²) in [5, 5.41) is 15.0. The van der Waals surface area contributed by atoms with Crippen LogP contribution in [0.5, 0.6) is 0 Å². The minimum Gasteiger partial charge on any atom is -0.465 e. The molecule has 0 spiro atoms. The van der Waals surface area contributed by atoms with Crippen molar-refractivity contribution in [2.75, 3.05) is 13.6 Å². The maximum Gasteiger partial charge on any atom is 0.404 e. The molecule has 0 aliphatic heterocycles. The fourth-order valence-electron chi connectivity index (χ4n) is 2.96. The predicted octanol–water partition coefficient (Wildman–Crippen LogP) is 3.62. The van der Waals surface area contributed by atoms with Crippen LogP contribution in [0.15, 0.2) is 35.0 Å². The maximum atomic E-state index is 13.4. The highest BCUT2D eigenvalue weighted by molar-refractivity contribution is 7.10. The van der Waals surface area contributed by atoms with Crippen molar-refractivity contribution >= 4 is 40.6 Å². The molecule has 2 rings (SSSR count). The van der Waals surface area contributed by atoms with Gasteiger partial charge in [-0.05, 0) is 42.2 Å². The van der Waals surface area contributed by atoms with Crippen molar-refractivity contribution in [3.63, 3.8) is 0 Å². The molecule has 29 heavy (non-hydrogen) atoms. The zero-order valence-corrected chi connectivity index (χ0v) is 18.3. The molecule has 0 aliphatic rings. The molecule has 0 fully saturated rings. The number of carboxylic acid groups (broad SMARTS) is 1. The van der Waals surface area contributed by atoms with Gasteiger partial charge in [-0.15, -0.1) is 22.7 Å². The molecule has 2 heterocycles. The smallest absolute Gasteiger partial charge is 0.404 e. The Kier molecular flexibility index (Phi) is 9.14. The molecule has 0 unspecified atom stereocenters. The van der Waals surface area contributed by atoms with E-state index in [9.17, 15) is 14.4 Å². The normalized spacial score (nSPS) is 11.7. The number of thiophene rings is 2. The van der Waals surface area contributed by atoms with E-state index in [4.69, 9.17) is 5.11 Å². The summed E-state index contributed by atoms with van der Waals surface area (Å²) in [5.41, 5.74) is 0. The summed E-state index contributed by atoms with van der Waals surface area (Å²) in [7, 11) is 1.65. The summed E-state index contributed by atoms with van der Waals surface area (Å²) in [6.07, 6.45) is 0.677. The van der Waals surface area contributed by atoms with Crippen LogP contribution in [0, 0.1) is 0 Å². The molecule has 0 aromatic carbocycles. The lowest BCUT2D eigenvalue weighted by atomic mass is 10.1. The van der Waals surface area contributed by atoms with Crippen molar-refractivity contribution in [1.29, 1.82) is 0 Å². The Hall–Kier alpha value is -2.39. The second kappa shape index (κ2) is 11.6. The van der Waals surface area contributed by atoms with Gasteiger partial charge in [0, 0.05) is 30.3 Å². The van der Waals surface area contributed by atoms with Gasteiger partial charge in [0.15, 0.2) is 0 Å². The van der Waals surface area contributed by atoms with Crippen LogP contribution in [-0.4, -0.2) is 52.4 Å². The monoisotopic (exact) mass is 437 g/mol. The second-order valence-electron chi connectivity index (χ2n) is 6.73. The van der Waals surface area contributed by atoms with Crippen LogP contribution >= 0.6 is 22.7 Å². The maximum absolute atomic E-state index is 13.4. The Balaban J connectivity index is 2.11. The van der Waals surface area contributed by atoms with E-state index in [0.29, 0.717) is 38.9 Å². The van der Waals surface area contributed by atoms with Gasteiger partial charge in [-0.1, -0.05) is 12.1 Å². The van der Waals surface area contributed by atoms with Crippen LogP contribution in [0.4, 0.5) is 4.79 Å². The Morgan fingerprint density at radius 1 is 1.07 bits per heavy atom. The molecule has 1 atom stereocenters. The molecule has 9 heteroatoms. The van der Waals surface area contributed by atoms with Gasteiger partial charge in [0.05, 0.1) is 13.1 Å². The first-order valence-corrected chi connectivity index (χ1v) is 11.2. The summed E-state index contributed by atoms with van der Waals surface area (Å²) in [5.74, 6) is -0.255. The lowest BCUT2D eigenvalue weighted by molar-refractivity contribution is -0.144. The number of unbranched alkanes of at least 4 members (excludes halogenated alkanes) is 1. The molecule has 158 valence electrons. The third-order valence-corrected chi connectivity index (χ3v) is 6.32. The number of hydrogen-bond acceptors (Lipinski definition) is 5. The van der Waals surface area contributed by atoms with E-state index in [2.05, 4.69) is 5.32 Å². The molecule has 0 saturated heterocycles. The van der Waals surface area contributed by atoms with E-state index in [0.717, 1.165) is 9.75 Å². The Bertz CT molecular complexity index is 742. The van der Waals surface area contributed by atoms with Crippen molar-refractivity contribution in [1.82, 2.24) is 15.1 Å². The number of hydrogen-bond donors (Lipinski definition) is 2. The van der Waals surface area contributed by atoms with Crippen molar-refractivity contribution in [3.05, 3.63) is 44.8 Å². The summed E-state index contributed by atoms with van der Waals surface area (Å²) in [6, 6.07) is 7.35. The average molecular weight is 438 g/mol. The highest BCUT2D eigenvalue weighted by atomic mass is 32.1. The van der Waals surface area contributed by atoms with Gasteiger partial charge in [-0.25, -0.2) is 4.79 Å². The molecule has 0 bridgehead atoms. The van der Waals surface area contributed by atoms with Gasteiger partial charge in [0.2, 0.25) is 11.8 Å². The van der Waals surface area contributed by atoms with Gasteiger partial charge in [0.1, 0.15) is 6.04 Å². The summed E-state index contributed by atoms with van der Waals surface area (Å²) >= 11 is 3.20. The molecule has 0 saturated carbocycles. The van der Waals surface area contributed by atoms with Gasteiger partial charge in [-0.3, -0.25) is 9.59 Å². The molecular weight excluding hydrogens is 410 g/mol. The first-order chi connectivity index (χ1) is 13.9. The molecular formula is C20H27N3O4S2.